The van der Waals surface area contributed by atoms with Gasteiger partial charge < -0.3 is 10.6 Å². The minimum Gasteiger partial charge on any atom is -0.337 e. The lowest BCUT2D eigenvalue weighted by Gasteiger charge is -2.33. The van der Waals surface area contributed by atoms with Gasteiger partial charge in [-0.2, -0.15) is 5.10 Å². The zero-order valence-electron chi connectivity index (χ0n) is 13.3. The van der Waals surface area contributed by atoms with Gasteiger partial charge in [-0.1, -0.05) is 0 Å². The maximum atomic E-state index is 12.7. The third-order valence-electron chi connectivity index (χ3n) is 4.53. The first kappa shape index (κ1) is 18.2. The van der Waals surface area contributed by atoms with E-state index in [1.807, 2.05) is 6.92 Å². The second kappa shape index (κ2) is 7.14. The maximum absolute atomic E-state index is 12.7. The molecule has 1 unspecified atom stereocenters. The van der Waals surface area contributed by atoms with Gasteiger partial charge >= 0.3 is 0 Å². The molecule has 2 aromatic rings. The zero-order valence-corrected chi connectivity index (χ0v) is 14.1. The minimum absolute atomic E-state index is 0. The summed E-state index contributed by atoms with van der Waals surface area (Å²) in [4.78, 5) is 24.9. The Labute approximate surface area is 144 Å². The summed E-state index contributed by atoms with van der Waals surface area (Å²) in [5, 5.41) is 18.2. The van der Waals surface area contributed by atoms with Crippen LogP contribution in [0, 0.1) is 16.0 Å². The maximum Gasteiger partial charge on any atom is 0.274 e. The number of carbonyl (C=O) groups excluding carboxylic acids is 1. The molecule has 3 rings (SSSR count). The van der Waals surface area contributed by atoms with Crippen LogP contribution in [0.1, 0.15) is 30.3 Å². The number of rotatable bonds is 3. The molecule has 24 heavy (non-hydrogen) atoms. The number of nitro groups is 1. The number of benzene rings is 1. The molecule has 1 amide bonds. The van der Waals surface area contributed by atoms with E-state index in [0.29, 0.717) is 29.9 Å². The number of likely N-dealkylation sites (tertiary alicyclic amines) is 1. The Balaban J connectivity index is 0.00000208. The molecule has 8 nitrogen and oxygen atoms in total. The van der Waals surface area contributed by atoms with Crippen LogP contribution in [0.3, 0.4) is 0 Å². The van der Waals surface area contributed by atoms with Crippen molar-refractivity contribution in [3.05, 3.63) is 34.0 Å². The van der Waals surface area contributed by atoms with Crippen molar-refractivity contribution in [1.29, 1.82) is 0 Å². The molecule has 1 atom stereocenters. The van der Waals surface area contributed by atoms with Crippen LogP contribution in [0.25, 0.3) is 10.9 Å². The number of aromatic nitrogens is 2. The summed E-state index contributed by atoms with van der Waals surface area (Å²) in [6, 6.07) is 4.48. The van der Waals surface area contributed by atoms with E-state index < -0.39 is 4.92 Å². The molecule has 1 aliphatic heterocycles. The lowest BCUT2D eigenvalue weighted by atomic mass is 9.91. The van der Waals surface area contributed by atoms with Crippen molar-refractivity contribution in [2.45, 2.75) is 25.8 Å². The first-order chi connectivity index (χ1) is 11.0. The molecule has 0 saturated carbocycles. The van der Waals surface area contributed by atoms with Crippen LogP contribution in [-0.2, 0) is 0 Å². The number of hydrogen-bond acceptors (Lipinski definition) is 5. The third-order valence-corrected chi connectivity index (χ3v) is 4.53. The van der Waals surface area contributed by atoms with Crippen molar-refractivity contribution in [3.8, 4) is 0 Å². The van der Waals surface area contributed by atoms with Gasteiger partial charge in [0.2, 0.25) is 0 Å². The molecule has 1 fully saturated rings. The molecular formula is C15H20ClN5O3. The Morgan fingerprint density at radius 1 is 1.46 bits per heavy atom. The van der Waals surface area contributed by atoms with Crippen molar-refractivity contribution in [2.24, 2.45) is 11.7 Å². The lowest BCUT2D eigenvalue weighted by molar-refractivity contribution is -0.384. The Hall–Kier alpha value is -2.19. The molecule has 130 valence electrons. The largest absolute Gasteiger partial charge is 0.337 e. The second-order valence-corrected chi connectivity index (χ2v) is 6.05. The van der Waals surface area contributed by atoms with Gasteiger partial charge in [-0.05, 0) is 31.7 Å². The highest BCUT2D eigenvalue weighted by Crippen LogP contribution is 2.25. The van der Waals surface area contributed by atoms with E-state index in [0.717, 1.165) is 12.8 Å². The van der Waals surface area contributed by atoms with Crippen molar-refractivity contribution >= 4 is 34.9 Å². The summed E-state index contributed by atoms with van der Waals surface area (Å²) < 4.78 is 0. The standard InChI is InChI=1S/C15H19N5O3.ClH/c1-9(16)10-4-6-19(7-5-10)15(21)14-12-8-11(20(22)23)2-3-13(12)17-18-14;/h2-3,8-10H,4-7,16H2,1H3,(H,17,18);1H. The molecule has 9 heteroatoms. The fourth-order valence-corrected chi connectivity index (χ4v) is 3.06. The predicted octanol–water partition coefficient (Wildman–Crippen LogP) is 2.09. The van der Waals surface area contributed by atoms with Crippen LogP contribution in [0.2, 0.25) is 0 Å². The van der Waals surface area contributed by atoms with E-state index in [2.05, 4.69) is 10.2 Å². The topological polar surface area (TPSA) is 118 Å². The van der Waals surface area contributed by atoms with Gasteiger partial charge in [0.25, 0.3) is 11.6 Å². The van der Waals surface area contributed by atoms with Crippen molar-refractivity contribution in [1.82, 2.24) is 15.1 Å². The minimum atomic E-state index is -0.477. The number of aromatic amines is 1. The monoisotopic (exact) mass is 353 g/mol. The second-order valence-electron chi connectivity index (χ2n) is 6.05. The van der Waals surface area contributed by atoms with E-state index in [4.69, 9.17) is 5.73 Å². The first-order valence-electron chi connectivity index (χ1n) is 7.64. The van der Waals surface area contributed by atoms with Crippen LogP contribution < -0.4 is 5.73 Å². The van der Waals surface area contributed by atoms with E-state index >= 15 is 0 Å². The highest BCUT2D eigenvalue weighted by atomic mass is 35.5. The number of carbonyl (C=O) groups is 1. The van der Waals surface area contributed by atoms with E-state index in [9.17, 15) is 14.9 Å². The van der Waals surface area contributed by atoms with Gasteiger partial charge in [-0.25, -0.2) is 0 Å². The van der Waals surface area contributed by atoms with Gasteiger partial charge in [0.05, 0.1) is 10.4 Å². The van der Waals surface area contributed by atoms with Gasteiger partial charge in [0.1, 0.15) is 0 Å². The van der Waals surface area contributed by atoms with Crippen LogP contribution in [0.4, 0.5) is 5.69 Å². The number of H-pyrrole nitrogens is 1. The molecule has 1 aromatic carbocycles. The molecule has 0 spiro atoms. The molecule has 2 heterocycles. The summed E-state index contributed by atoms with van der Waals surface area (Å²) in [7, 11) is 0. The normalized spacial score (nSPS) is 16.7. The van der Waals surface area contributed by atoms with Gasteiger partial charge in [0.15, 0.2) is 5.69 Å². The zero-order chi connectivity index (χ0) is 16.6. The first-order valence-corrected chi connectivity index (χ1v) is 7.64. The van der Waals surface area contributed by atoms with Crippen LogP contribution in [-0.4, -0.2) is 45.1 Å². The third kappa shape index (κ3) is 3.34. The summed E-state index contributed by atoms with van der Waals surface area (Å²) in [6.45, 7) is 3.26. The number of fused-ring (bicyclic) bond motifs is 1. The van der Waals surface area contributed by atoms with Crippen LogP contribution in [0.15, 0.2) is 18.2 Å². The number of nitrogens with zero attached hydrogens (tertiary/aromatic N) is 3. The summed E-state index contributed by atoms with van der Waals surface area (Å²) in [5.41, 5.74) is 6.72. The molecule has 1 aliphatic rings. The van der Waals surface area contributed by atoms with Crippen molar-refractivity contribution < 1.29 is 9.72 Å². The Kier molecular flexibility index (Phi) is 5.40. The van der Waals surface area contributed by atoms with Crippen molar-refractivity contribution in [3.63, 3.8) is 0 Å². The van der Waals surface area contributed by atoms with Crippen molar-refractivity contribution in [2.75, 3.05) is 13.1 Å². The highest BCUT2D eigenvalue weighted by molar-refractivity contribution is 6.05. The number of hydrogen-bond donors (Lipinski definition) is 2. The van der Waals surface area contributed by atoms with Gasteiger partial charge in [0, 0.05) is 36.7 Å². The fraction of sp³-hybridized carbons (Fsp3) is 0.467. The average Bonchev–Trinajstić information content (AvgIpc) is 2.97. The molecule has 3 N–H and O–H groups in total. The SMILES string of the molecule is CC(N)C1CCN(C(=O)c2n[nH]c3ccc([N+](=O)[O-])cc23)CC1.Cl. The number of amides is 1. The predicted molar refractivity (Wildman–Crippen MR) is 92.3 cm³/mol. The van der Waals surface area contributed by atoms with E-state index in [1.165, 1.54) is 12.1 Å². The summed E-state index contributed by atoms with van der Waals surface area (Å²) in [6.07, 6.45) is 1.73. The number of non-ortho nitro benzene ring substituents is 1. The number of halogens is 1. The molecule has 0 bridgehead atoms. The quantitative estimate of drug-likeness (QED) is 0.647. The molecule has 1 aromatic heterocycles. The molecule has 1 saturated heterocycles. The fourth-order valence-electron chi connectivity index (χ4n) is 3.06. The molecule has 0 radical (unpaired) electrons. The van der Waals surface area contributed by atoms with Crippen LogP contribution in [0.5, 0.6) is 0 Å². The Morgan fingerprint density at radius 2 is 2.12 bits per heavy atom. The number of nitro benzene ring substituents is 1. The van der Waals surface area contributed by atoms with Gasteiger partial charge in [-0.3, -0.25) is 20.0 Å². The molecular weight excluding hydrogens is 334 g/mol. The average molecular weight is 354 g/mol. The molecule has 0 aliphatic carbocycles. The van der Waals surface area contributed by atoms with E-state index in [1.54, 1.807) is 11.0 Å². The Bertz CT molecular complexity index is 753. The highest BCUT2D eigenvalue weighted by Gasteiger charge is 2.28. The summed E-state index contributed by atoms with van der Waals surface area (Å²) >= 11 is 0. The number of nitrogens with one attached hydrogen (secondary N) is 1. The smallest absolute Gasteiger partial charge is 0.274 e. The number of nitrogens with two attached hydrogens (primary N) is 1. The summed E-state index contributed by atoms with van der Waals surface area (Å²) in [5.74, 6) is 0.232. The van der Waals surface area contributed by atoms with E-state index in [-0.39, 0.29) is 35.7 Å². The Morgan fingerprint density at radius 3 is 2.71 bits per heavy atom. The lowest BCUT2D eigenvalue weighted by Crippen LogP contribution is -2.42. The van der Waals surface area contributed by atoms with Gasteiger partial charge in [-0.15, -0.1) is 12.4 Å². The number of piperidine rings is 1. The van der Waals surface area contributed by atoms with Crippen LogP contribution >= 0.6 is 12.4 Å².